The van der Waals surface area contributed by atoms with Crippen LogP contribution in [0.2, 0.25) is 0 Å². The Morgan fingerprint density at radius 3 is 2.47 bits per heavy atom. The van der Waals surface area contributed by atoms with Gasteiger partial charge in [-0.25, -0.2) is 0 Å². The third-order valence-electron chi connectivity index (χ3n) is 4.83. The van der Waals surface area contributed by atoms with Crippen LogP contribution < -0.4 is 16.0 Å². The van der Waals surface area contributed by atoms with Gasteiger partial charge in [0.2, 0.25) is 11.7 Å². The van der Waals surface area contributed by atoms with E-state index in [1.54, 1.807) is 25.1 Å². The van der Waals surface area contributed by atoms with E-state index in [1.807, 2.05) is 38.1 Å². The van der Waals surface area contributed by atoms with Crippen LogP contribution in [-0.2, 0) is 11.3 Å². The molecule has 3 N–H and O–H groups in total. The maximum absolute atomic E-state index is 12.6. The topological polar surface area (TPSA) is 126 Å². The molecule has 0 aliphatic carbocycles. The number of carbonyl (C=O) groups is 3. The Bertz CT molecular complexity index is 1120. The molecule has 9 heteroatoms. The van der Waals surface area contributed by atoms with Gasteiger partial charge in [0.1, 0.15) is 11.8 Å². The summed E-state index contributed by atoms with van der Waals surface area (Å²) >= 11 is 0. The zero-order valence-electron chi connectivity index (χ0n) is 18.4. The molecule has 32 heavy (non-hydrogen) atoms. The second kappa shape index (κ2) is 9.95. The number of aromatic nitrogens is 1. The normalized spacial score (nSPS) is 11.8. The molecule has 168 valence electrons. The van der Waals surface area contributed by atoms with Crippen LogP contribution in [0.4, 0.5) is 0 Å². The van der Waals surface area contributed by atoms with Gasteiger partial charge in [-0.2, -0.15) is 0 Å². The molecule has 1 atom stereocenters. The van der Waals surface area contributed by atoms with E-state index in [9.17, 15) is 14.4 Å². The van der Waals surface area contributed by atoms with Crippen LogP contribution in [0, 0.1) is 12.8 Å². The standard InChI is InChI=1S/C23H26N4O5/c1-13(2)20(23(30)24-4)26-22(29)18-9-8-17(31-18)16-7-5-6-15(11-16)12-25-21(28)19-10-14(3)27-32-19/h5-11,13,20H,12H2,1-4H3,(H,24,30)(H,25,28)(H,26,29)/t20-/m0/s1. The Morgan fingerprint density at radius 2 is 1.81 bits per heavy atom. The summed E-state index contributed by atoms with van der Waals surface area (Å²) in [5.74, 6) is -0.425. The van der Waals surface area contributed by atoms with E-state index in [0.717, 1.165) is 11.1 Å². The molecule has 2 aromatic heterocycles. The van der Waals surface area contributed by atoms with E-state index in [2.05, 4.69) is 21.1 Å². The summed E-state index contributed by atoms with van der Waals surface area (Å²) in [7, 11) is 1.52. The highest BCUT2D eigenvalue weighted by molar-refractivity contribution is 5.96. The minimum atomic E-state index is -0.666. The van der Waals surface area contributed by atoms with Gasteiger partial charge in [-0.05, 0) is 36.6 Å². The molecule has 0 spiro atoms. The van der Waals surface area contributed by atoms with Crippen LogP contribution in [0.5, 0.6) is 0 Å². The average molecular weight is 438 g/mol. The number of rotatable bonds is 8. The number of hydrogen-bond acceptors (Lipinski definition) is 6. The van der Waals surface area contributed by atoms with E-state index in [4.69, 9.17) is 8.94 Å². The molecule has 0 radical (unpaired) electrons. The molecule has 1 aromatic carbocycles. The Hall–Kier alpha value is -3.88. The number of nitrogens with one attached hydrogen (secondary N) is 3. The SMILES string of the molecule is CNC(=O)[C@@H](NC(=O)c1ccc(-c2cccc(CNC(=O)c3cc(C)no3)c2)o1)C(C)C. The number of benzene rings is 1. The van der Waals surface area contributed by atoms with Crippen molar-refractivity contribution in [1.82, 2.24) is 21.1 Å². The summed E-state index contributed by atoms with van der Waals surface area (Å²) in [6.07, 6.45) is 0. The summed E-state index contributed by atoms with van der Waals surface area (Å²) in [4.78, 5) is 36.7. The lowest BCUT2D eigenvalue weighted by atomic mass is 10.0. The first-order chi connectivity index (χ1) is 15.3. The van der Waals surface area contributed by atoms with Crippen molar-refractivity contribution in [3.8, 4) is 11.3 Å². The first kappa shape index (κ1) is 22.8. The predicted octanol–water partition coefficient (Wildman–Crippen LogP) is 2.67. The van der Waals surface area contributed by atoms with Crippen LogP contribution in [0.3, 0.4) is 0 Å². The minimum absolute atomic E-state index is 0.0823. The second-order valence-corrected chi connectivity index (χ2v) is 7.69. The fraction of sp³-hybridized carbons (Fsp3) is 0.304. The lowest BCUT2D eigenvalue weighted by Crippen LogP contribution is -2.48. The minimum Gasteiger partial charge on any atom is -0.451 e. The van der Waals surface area contributed by atoms with Gasteiger partial charge < -0.3 is 24.9 Å². The van der Waals surface area contributed by atoms with Gasteiger partial charge in [-0.3, -0.25) is 14.4 Å². The number of amides is 3. The van der Waals surface area contributed by atoms with Gasteiger partial charge in [-0.1, -0.05) is 37.2 Å². The van der Waals surface area contributed by atoms with Gasteiger partial charge >= 0.3 is 0 Å². The Balaban J connectivity index is 1.67. The highest BCUT2D eigenvalue weighted by Gasteiger charge is 2.25. The molecule has 0 saturated heterocycles. The average Bonchev–Trinajstić information content (AvgIpc) is 3.44. The monoisotopic (exact) mass is 438 g/mol. The zero-order chi connectivity index (χ0) is 23.3. The predicted molar refractivity (Wildman–Crippen MR) is 117 cm³/mol. The number of aryl methyl sites for hydroxylation is 1. The van der Waals surface area contributed by atoms with E-state index >= 15 is 0 Å². The first-order valence-corrected chi connectivity index (χ1v) is 10.2. The molecule has 0 bridgehead atoms. The number of hydrogen-bond donors (Lipinski definition) is 3. The molecule has 3 rings (SSSR count). The van der Waals surface area contributed by atoms with Crippen LogP contribution in [0.25, 0.3) is 11.3 Å². The van der Waals surface area contributed by atoms with Gasteiger partial charge in [-0.15, -0.1) is 0 Å². The van der Waals surface area contributed by atoms with Crippen molar-refractivity contribution in [1.29, 1.82) is 0 Å². The number of nitrogens with zero attached hydrogens (tertiary/aromatic N) is 1. The fourth-order valence-electron chi connectivity index (χ4n) is 3.09. The van der Waals surface area contributed by atoms with E-state index in [0.29, 0.717) is 11.5 Å². The van der Waals surface area contributed by atoms with E-state index in [-0.39, 0.29) is 35.8 Å². The third-order valence-corrected chi connectivity index (χ3v) is 4.83. The van der Waals surface area contributed by atoms with Crippen LogP contribution >= 0.6 is 0 Å². The molecule has 3 aromatic rings. The molecular weight excluding hydrogens is 412 g/mol. The molecule has 0 aliphatic rings. The maximum Gasteiger partial charge on any atom is 0.290 e. The van der Waals surface area contributed by atoms with Gasteiger partial charge in [0.05, 0.1) is 5.69 Å². The molecule has 0 saturated carbocycles. The van der Waals surface area contributed by atoms with Crippen LogP contribution in [-0.4, -0.2) is 36.0 Å². The highest BCUT2D eigenvalue weighted by Crippen LogP contribution is 2.23. The van der Waals surface area contributed by atoms with Crippen molar-refractivity contribution in [2.45, 2.75) is 33.4 Å². The smallest absolute Gasteiger partial charge is 0.290 e. The Kier molecular flexibility index (Phi) is 7.09. The number of likely N-dealkylation sites (N-methyl/N-ethyl adjacent to an activating group) is 1. The Labute approximate surface area is 185 Å². The summed E-state index contributed by atoms with van der Waals surface area (Å²) in [5.41, 5.74) is 2.22. The van der Waals surface area contributed by atoms with Crippen molar-refractivity contribution in [2.24, 2.45) is 5.92 Å². The van der Waals surface area contributed by atoms with Crippen molar-refractivity contribution >= 4 is 17.7 Å². The highest BCUT2D eigenvalue weighted by atomic mass is 16.5. The molecule has 9 nitrogen and oxygen atoms in total. The van der Waals surface area contributed by atoms with Crippen molar-refractivity contribution < 1.29 is 23.3 Å². The molecule has 3 amide bonds. The second-order valence-electron chi connectivity index (χ2n) is 7.69. The molecule has 2 heterocycles. The van der Waals surface area contributed by atoms with E-state index < -0.39 is 11.9 Å². The zero-order valence-corrected chi connectivity index (χ0v) is 18.4. The molecular formula is C23H26N4O5. The summed E-state index contributed by atoms with van der Waals surface area (Å²) in [6, 6.07) is 11.5. The van der Waals surface area contributed by atoms with Crippen LogP contribution in [0.15, 0.2) is 51.4 Å². The fourth-order valence-corrected chi connectivity index (χ4v) is 3.09. The Morgan fingerprint density at radius 1 is 1.03 bits per heavy atom. The quantitative estimate of drug-likeness (QED) is 0.496. The number of carbonyl (C=O) groups excluding carboxylic acids is 3. The third kappa shape index (κ3) is 5.42. The maximum atomic E-state index is 12.6. The number of furan rings is 1. The van der Waals surface area contributed by atoms with Crippen molar-refractivity contribution in [2.75, 3.05) is 7.05 Å². The molecule has 0 unspecified atom stereocenters. The molecule has 0 fully saturated rings. The summed E-state index contributed by atoms with van der Waals surface area (Å²) < 4.78 is 10.7. The van der Waals surface area contributed by atoms with E-state index in [1.165, 1.54) is 7.05 Å². The van der Waals surface area contributed by atoms with Crippen LogP contribution in [0.1, 0.15) is 46.2 Å². The van der Waals surface area contributed by atoms with Gasteiger partial charge in [0, 0.05) is 25.2 Å². The summed E-state index contributed by atoms with van der Waals surface area (Å²) in [6.45, 7) is 5.72. The molecule has 0 aliphatic heterocycles. The van der Waals surface area contributed by atoms with Gasteiger partial charge in [0.15, 0.2) is 5.76 Å². The largest absolute Gasteiger partial charge is 0.451 e. The lowest BCUT2D eigenvalue weighted by molar-refractivity contribution is -0.123. The first-order valence-electron chi connectivity index (χ1n) is 10.2. The van der Waals surface area contributed by atoms with Crippen molar-refractivity contribution in [3.05, 3.63) is 65.2 Å². The van der Waals surface area contributed by atoms with Gasteiger partial charge in [0.25, 0.3) is 11.8 Å². The lowest BCUT2D eigenvalue weighted by Gasteiger charge is -2.19. The van der Waals surface area contributed by atoms with Crippen molar-refractivity contribution in [3.63, 3.8) is 0 Å². The summed E-state index contributed by atoms with van der Waals surface area (Å²) in [5, 5.41) is 11.7.